The van der Waals surface area contributed by atoms with Crippen LogP contribution in [0.1, 0.15) is 28.3 Å². The first-order valence-corrected chi connectivity index (χ1v) is 6.66. The maximum absolute atomic E-state index is 12.0. The van der Waals surface area contributed by atoms with Gasteiger partial charge in [0.2, 0.25) is 0 Å². The molecule has 0 fully saturated rings. The minimum Gasteiger partial charge on any atom is -0.343 e. The van der Waals surface area contributed by atoms with Gasteiger partial charge in [-0.1, -0.05) is 0 Å². The molecule has 2 aromatic rings. The van der Waals surface area contributed by atoms with Crippen molar-refractivity contribution in [3.05, 3.63) is 45.1 Å². The van der Waals surface area contributed by atoms with Crippen molar-refractivity contribution in [1.82, 2.24) is 15.3 Å². The summed E-state index contributed by atoms with van der Waals surface area (Å²) in [5.41, 5.74) is 0.524. The van der Waals surface area contributed by atoms with Gasteiger partial charge in [0.05, 0.1) is 11.6 Å². The third-order valence-electron chi connectivity index (χ3n) is 2.17. The van der Waals surface area contributed by atoms with E-state index >= 15 is 0 Å². The second-order valence-corrected chi connectivity index (χ2v) is 5.08. The Morgan fingerprint density at radius 2 is 2.29 bits per heavy atom. The van der Waals surface area contributed by atoms with Crippen LogP contribution in [-0.2, 0) is 0 Å². The number of amides is 1. The first-order chi connectivity index (χ1) is 8.18. The summed E-state index contributed by atoms with van der Waals surface area (Å²) >= 11 is 4.77. The SMILES string of the molecule is CC(NC(=O)c1cccnc1Br)c1nccs1. The molecule has 88 valence electrons. The second kappa shape index (κ2) is 5.37. The van der Waals surface area contributed by atoms with Crippen LogP contribution in [0.5, 0.6) is 0 Å². The summed E-state index contributed by atoms with van der Waals surface area (Å²) in [7, 11) is 0. The van der Waals surface area contributed by atoms with Gasteiger partial charge in [-0.25, -0.2) is 9.97 Å². The minimum absolute atomic E-state index is 0.102. The molecular weight excluding hydrogens is 302 g/mol. The number of nitrogens with zero attached hydrogens (tertiary/aromatic N) is 2. The number of halogens is 1. The van der Waals surface area contributed by atoms with E-state index in [4.69, 9.17) is 0 Å². The average Bonchev–Trinajstić information content (AvgIpc) is 2.82. The molecule has 0 saturated heterocycles. The molecule has 17 heavy (non-hydrogen) atoms. The lowest BCUT2D eigenvalue weighted by atomic mass is 10.2. The summed E-state index contributed by atoms with van der Waals surface area (Å²) < 4.78 is 0.545. The van der Waals surface area contributed by atoms with Crippen LogP contribution in [0.3, 0.4) is 0 Å². The van der Waals surface area contributed by atoms with Crippen LogP contribution in [0.4, 0.5) is 0 Å². The number of thiazole rings is 1. The van der Waals surface area contributed by atoms with Gasteiger partial charge >= 0.3 is 0 Å². The van der Waals surface area contributed by atoms with E-state index in [1.54, 1.807) is 24.5 Å². The highest BCUT2D eigenvalue weighted by atomic mass is 79.9. The number of pyridine rings is 1. The fourth-order valence-corrected chi connectivity index (χ4v) is 2.42. The van der Waals surface area contributed by atoms with Crippen LogP contribution >= 0.6 is 27.3 Å². The summed E-state index contributed by atoms with van der Waals surface area (Å²) in [5.74, 6) is -0.160. The van der Waals surface area contributed by atoms with Gasteiger partial charge < -0.3 is 5.32 Å². The highest BCUT2D eigenvalue weighted by Gasteiger charge is 2.15. The van der Waals surface area contributed by atoms with Gasteiger partial charge in [-0.2, -0.15) is 0 Å². The van der Waals surface area contributed by atoms with E-state index in [-0.39, 0.29) is 11.9 Å². The number of rotatable bonds is 3. The first-order valence-electron chi connectivity index (χ1n) is 4.99. The Morgan fingerprint density at radius 1 is 1.47 bits per heavy atom. The first kappa shape index (κ1) is 12.2. The summed E-state index contributed by atoms with van der Waals surface area (Å²) in [6.07, 6.45) is 3.35. The molecular formula is C11H10BrN3OS. The zero-order valence-electron chi connectivity index (χ0n) is 9.05. The summed E-state index contributed by atoms with van der Waals surface area (Å²) in [4.78, 5) is 20.1. The van der Waals surface area contributed by atoms with Gasteiger partial charge in [0.15, 0.2) is 0 Å². The zero-order valence-corrected chi connectivity index (χ0v) is 11.5. The van der Waals surface area contributed by atoms with Gasteiger partial charge in [0, 0.05) is 17.8 Å². The Kier molecular flexibility index (Phi) is 3.86. The van der Waals surface area contributed by atoms with E-state index in [1.807, 2.05) is 12.3 Å². The molecule has 0 radical (unpaired) electrons. The van der Waals surface area contributed by atoms with Crippen LogP contribution in [0.2, 0.25) is 0 Å². The Morgan fingerprint density at radius 3 is 2.94 bits per heavy atom. The molecule has 6 heteroatoms. The quantitative estimate of drug-likeness (QED) is 0.887. The molecule has 1 N–H and O–H groups in total. The molecule has 0 aliphatic carbocycles. The Hall–Kier alpha value is -1.27. The van der Waals surface area contributed by atoms with Crippen molar-refractivity contribution < 1.29 is 4.79 Å². The molecule has 0 aliphatic heterocycles. The minimum atomic E-state index is -0.160. The van der Waals surface area contributed by atoms with E-state index < -0.39 is 0 Å². The summed E-state index contributed by atoms with van der Waals surface area (Å²) in [6.45, 7) is 1.90. The van der Waals surface area contributed by atoms with E-state index in [9.17, 15) is 4.79 Å². The van der Waals surface area contributed by atoms with Gasteiger partial charge in [-0.3, -0.25) is 4.79 Å². The lowest BCUT2D eigenvalue weighted by molar-refractivity contribution is 0.0938. The largest absolute Gasteiger partial charge is 0.343 e. The molecule has 1 unspecified atom stereocenters. The van der Waals surface area contributed by atoms with E-state index in [2.05, 4.69) is 31.2 Å². The molecule has 0 bridgehead atoms. The van der Waals surface area contributed by atoms with Crippen molar-refractivity contribution in [3.63, 3.8) is 0 Å². The molecule has 1 atom stereocenters. The number of hydrogen-bond donors (Lipinski definition) is 1. The van der Waals surface area contributed by atoms with Crippen LogP contribution in [-0.4, -0.2) is 15.9 Å². The monoisotopic (exact) mass is 311 g/mol. The number of hydrogen-bond acceptors (Lipinski definition) is 4. The van der Waals surface area contributed by atoms with Gasteiger partial charge in [-0.05, 0) is 35.0 Å². The van der Waals surface area contributed by atoms with Crippen LogP contribution < -0.4 is 5.32 Å². The van der Waals surface area contributed by atoms with E-state index in [0.29, 0.717) is 10.2 Å². The lowest BCUT2D eigenvalue weighted by Crippen LogP contribution is -2.27. The summed E-state index contributed by atoms with van der Waals surface area (Å²) in [5, 5.41) is 5.65. The smallest absolute Gasteiger partial charge is 0.254 e. The maximum Gasteiger partial charge on any atom is 0.254 e. The van der Waals surface area contributed by atoms with E-state index in [1.165, 1.54) is 11.3 Å². The molecule has 2 aromatic heterocycles. The molecule has 0 aliphatic rings. The van der Waals surface area contributed by atoms with Crippen LogP contribution in [0, 0.1) is 0 Å². The molecule has 4 nitrogen and oxygen atoms in total. The number of aromatic nitrogens is 2. The lowest BCUT2D eigenvalue weighted by Gasteiger charge is -2.11. The Labute approximate surface area is 111 Å². The average molecular weight is 312 g/mol. The predicted molar refractivity (Wildman–Crippen MR) is 69.9 cm³/mol. The van der Waals surface area contributed by atoms with Crippen molar-refractivity contribution in [3.8, 4) is 0 Å². The normalized spacial score (nSPS) is 12.1. The Balaban J connectivity index is 2.10. The fourth-order valence-electron chi connectivity index (χ4n) is 1.34. The van der Waals surface area contributed by atoms with Crippen molar-refractivity contribution in [2.24, 2.45) is 0 Å². The highest BCUT2D eigenvalue weighted by molar-refractivity contribution is 9.10. The number of carbonyl (C=O) groups excluding carboxylic acids is 1. The standard InChI is InChI=1S/C11H10BrN3OS/c1-7(11-14-5-6-17-11)15-10(16)8-3-2-4-13-9(8)12/h2-7H,1H3,(H,15,16). The predicted octanol–water partition coefficient (Wildman–Crippen LogP) is 2.79. The van der Waals surface area contributed by atoms with Crippen molar-refractivity contribution in [2.75, 3.05) is 0 Å². The second-order valence-electron chi connectivity index (χ2n) is 3.41. The van der Waals surface area contributed by atoms with Gasteiger partial charge in [0.1, 0.15) is 9.61 Å². The maximum atomic E-state index is 12.0. The van der Waals surface area contributed by atoms with Crippen molar-refractivity contribution >= 4 is 33.2 Å². The summed E-state index contributed by atoms with van der Waals surface area (Å²) in [6, 6.07) is 3.35. The molecule has 2 heterocycles. The molecule has 0 spiro atoms. The van der Waals surface area contributed by atoms with Crippen molar-refractivity contribution in [2.45, 2.75) is 13.0 Å². The molecule has 0 aromatic carbocycles. The number of nitrogens with one attached hydrogen (secondary N) is 1. The van der Waals surface area contributed by atoms with Gasteiger partial charge in [-0.15, -0.1) is 11.3 Å². The highest BCUT2D eigenvalue weighted by Crippen LogP contribution is 2.17. The fraction of sp³-hybridized carbons (Fsp3) is 0.182. The molecule has 0 saturated carbocycles. The molecule has 2 rings (SSSR count). The van der Waals surface area contributed by atoms with Crippen molar-refractivity contribution in [1.29, 1.82) is 0 Å². The third kappa shape index (κ3) is 2.89. The topological polar surface area (TPSA) is 54.9 Å². The molecule has 1 amide bonds. The third-order valence-corrected chi connectivity index (χ3v) is 3.76. The zero-order chi connectivity index (χ0) is 12.3. The Bertz CT molecular complexity index is 515. The number of carbonyl (C=O) groups is 1. The van der Waals surface area contributed by atoms with Crippen LogP contribution in [0.15, 0.2) is 34.5 Å². The van der Waals surface area contributed by atoms with E-state index in [0.717, 1.165) is 5.01 Å². The van der Waals surface area contributed by atoms with Gasteiger partial charge in [0.25, 0.3) is 5.91 Å². The van der Waals surface area contributed by atoms with Crippen LogP contribution in [0.25, 0.3) is 0 Å².